The van der Waals surface area contributed by atoms with Gasteiger partial charge < -0.3 is 0 Å². The summed E-state index contributed by atoms with van der Waals surface area (Å²) in [5.41, 5.74) is 0.652. The highest BCUT2D eigenvalue weighted by Gasteiger charge is 2.45. The molecule has 1 heterocycles. The standard InChI is InChI=1S/C12H25N/c1-6-11(5)12(7-2)8-13(9-12)10(3)4/h10-11H,6-9H2,1-5H3. The van der Waals surface area contributed by atoms with E-state index in [0.29, 0.717) is 5.41 Å². The van der Waals surface area contributed by atoms with Crippen molar-refractivity contribution in [3.63, 3.8) is 0 Å². The van der Waals surface area contributed by atoms with Crippen LogP contribution in [-0.2, 0) is 0 Å². The Morgan fingerprint density at radius 2 is 1.69 bits per heavy atom. The number of hydrogen-bond acceptors (Lipinski definition) is 1. The average Bonchev–Trinajstić information content (AvgIpc) is 2.02. The Hall–Kier alpha value is -0.0400. The van der Waals surface area contributed by atoms with Crippen LogP contribution in [-0.4, -0.2) is 24.0 Å². The zero-order chi connectivity index (χ0) is 10.1. The summed E-state index contributed by atoms with van der Waals surface area (Å²) in [6, 6.07) is 0.740. The first kappa shape index (κ1) is 11.0. The largest absolute Gasteiger partial charge is 0.300 e. The van der Waals surface area contributed by atoms with Gasteiger partial charge in [0, 0.05) is 19.1 Å². The van der Waals surface area contributed by atoms with E-state index in [1.165, 1.54) is 25.9 Å². The Labute approximate surface area is 83.5 Å². The maximum absolute atomic E-state index is 2.59. The minimum Gasteiger partial charge on any atom is -0.300 e. The molecule has 0 aliphatic carbocycles. The van der Waals surface area contributed by atoms with Crippen molar-refractivity contribution in [2.24, 2.45) is 11.3 Å². The highest BCUT2D eigenvalue weighted by atomic mass is 15.2. The summed E-state index contributed by atoms with van der Waals surface area (Å²) < 4.78 is 0. The zero-order valence-corrected chi connectivity index (χ0v) is 9.93. The maximum Gasteiger partial charge on any atom is 0.00556 e. The van der Waals surface area contributed by atoms with Crippen LogP contribution in [0.4, 0.5) is 0 Å². The third-order valence-electron chi connectivity index (χ3n) is 4.13. The lowest BCUT2D eigenvalue weighted by Gasteiger charge is -2.55. The van der Waals surface area contributed by atoms with Gasteiger partial charge in [0.25, 0.3) is 0 Å². The van der Waals surface area contributed by atoms with Crippen LogP contribution in [0.3, 0.4) is 0 Å². The highest BCUT2D eigenvalue weighted by Crippen LogP contribution is 2.43. The van der Waals surface area contributed by atoms with Crippen LogP contribution < -0.4 is 0 Å². The van der Waals surface area contributed by atoms with Crippen molar-refractivity contribution in [2.75, 3.05) is 13.1 Å². The van der Waals surface area contributed by atoms with Crippen molar-refractivity contribution < 1.29 is 0 Å². The minimum atomic E-state index is 0.652. The van der Waals surface area contributed by atoms with Gasteiger partial charge in [-0.05, 0) is 31.6 Å². The predicted octanol–water partition coefficient (Wildman–Crippen LogP) is 3.15. The van der Waals surface area contributed by atoms with E-state index >= 15 is 0 Å². The van der Waals surface area contributed by atoms with Crippen molar-refractivity contribution in [2.45, 2.75) is 53.5 Å². The topological polar surface area (TPSA) is 3.24 Å². The van der Waals surface area contributed by atoms with Crippen LogP contribution in [0.1, 0.15) is 47.5 Å². The Balaban J connectivity index is 2.49. The molecule has 1 aliphatic heterocycles. The molecule has 0 aromatic heterocycles. The van der Waals surface area contributed by atoms with Crippen molar-refractivity contribution in [1.29, 1.82) is 0 Å². The number of rotatable bonds is 4. The quantitative estimate of drug-likeness (QED) is 0.647. The van der Waals surface area contributed by atoms with Crippen LogP contribution in [0.25, 0.3) is 0 Å². The molecule has 78 valence electrons. The molecule has 1 heteroatoms. The fourth-order valence-electron chi connectivity index (χ4n) is 2.44. The SMILES string of the molecule is CCC(C)C1(CC)CN(C(C)C)C1. The zero-order valence-electron chi connectivity index (χ0n) is 9.93. The Bertz CT molecular complexity index is 157. The van der Waals surface area contributed by atoms with Gasteiger partial charge >= 0.3 is 0 Å². The highest BCUT2D eigenvalue weighted by molar-refractivity contribution is 4.97. The van der Waals surface area contributed by atoms with Crippen LogP contribution in [0, 0.1) is 11.3 Å². The molecular weight excluding hydrogens is 158 g/mol. The summed E-state index contributed by atoms with van der Waals surface area (Å²) in [7, 11) is 0. The van der Waals surface area contributed by atoms with E-state index in [1.54, 1.807) is 0 Å². The first-order valence-corrected chi connectivity index (χ1v) is 5.79. The lowest BCUT2D eigenvalue weighted by Crippen LogP contribution is -2.61. The van der Waals surface area contributed by atoms with Gasteiger partial charge in [-0.3, -0.25) is 4.90 Å². The van der Waals surface area contributed by atoms with Gasteiger partial charge in [0.15, 0.2) is 0 Å². The van der Waals surface area contributed by atoms with E-state index in [1.807, 2.05) is 0 Å². The van der Waals surface area contributed by atoms with E-state index in [0.717, 1.165) is 12.0 Å². The molecule has 13 heavy (non-hydrogen) atoms. The smallest absolute Gasteiger partial charge is 0.00556 e. The van der Waals surface area contributed by atoms with Crippen molar-refractivity contribution >= 4 is 0 Å². The molecule has 0 amide bonds. The average molecular weight is 183 g/mol. The predicted molar refractivity (Wildman–Crippen MR) is 58.9 cm³/mol. The second-order valence-corrected chi connectivity index (χ2v) is 5.02. The maximum atomic E-state index is 2.59. The van der Waals surface area contributed by atoms with E-state index in [2.05, 4.69) is 39.5 Å². The normalized spacial score (nSPS) is 24.5. The molecule has 0 N–H and O–H groups in total. The van der Waals surface area contributed by atoms with Crippen molar-refractivity contribution in [3.05, 3.63) is 0 Å². The van der Waals surface area contributed by atoms with Gasteiger partial charge in [-0.2, -0.15) is 0 Å². The number of hydrogen-bond donors (Lipinski definition) is 0. The summed E-state index contributed by atoms with van der Waals surface area (Å²) >= 11 is 0. The Morgan fingerprint density at radius 1 is 1.15 bits per heavy atom. The molecule has 1 fully saturated rings. The lowest BCUT2D eigenvalue weighted by molar-refractivity contribution is -0.0631. The molecule has 1 unspecified atom stereocenters. The third-order valence-corrected chi connectivity index (χ3v) is 4.13. The van der Waals surface area contributed by atoms with Gasteiger partial charge in [0.2, 0.25) is 0 Å². The van der Waals surface area contributed by atoms with Gasteiger partial charge in [0.05, 0.1) is 0 Å². The fraction of sp³-hybridized carbons (Fsp3) is 1.00. The summed E-state index contributed by atoms with van der Waals surface area (Å²) in [6.45, 7) is 14.4. The molecule has 1 nitrogen and oxygen atoms in total. The molecule has 1 rings (SSSR count). The third kappa shape index (κ3) is 1.90. The molecule has 0 aromatic carbocycles. The molecule has 1 saturated heterocycles. The van der Waals surface area contributed by atoms with E-state index in [4.69, 9.17) is 0 Å². The van der Waals surface area contributed by atoms with Gasteiger partial charge in [-0.1, -0.05) is 27.2 Å². The van der Waals surface area contributed by atoms with Gasteiger partial charge in [-0.25, -0.2) is 0 Å². The Kier molecular flexibility index (Phi) is 3.39. The monoisotopic (exact) mass is 183 g/mol. The van der Waals surface area contributed by atoms with Crippen molar-refractivity contribution in [3.8, 4) is 0 Å². The minimum absolute atomic E-state index is 0.652. The van der Waals surface area contributed by atoms with Crippen LogP contribution in [0.5, 0.6) is 0 Å². The van der Waals surface area contributed by atoms with E-state index in [-0.39, 0.29) is 0 Å². The van der Waals surface area contributed by atoms with Gasteiger partial charge in [0.1, 0.15) is 0 Å². The molecular formula is C12H25N. The van der Waals surface area contributed by atoms with E-state index < -0.39 is 0 Å². The van der Waals surface area contributed by atoms with E-state index in [9.17, 15) is 0 Å². The second kappa shape index (κ2) is 4.00. The molecule has 1 atom stereocenters. The van der Waals surface area contributed by atoms with Crippen LogP contribution in [0.15, 0.2) is 0 Å². The first-order chi connectivity index (χ1) is 6.05. The molecule has 0 saturated carbocycles. The summed E-state index contributed by atoms with van der Waals surface area (Å²) in [5, 5.41) is 0. The fourth-order valence-corrected chi connectivity index (χ4v) is 2.44. The molecule has 0 spiro atoms. The van der Waals surface area contributed by atoms with Crippen molar-refractivity contribution in [1.82, 2.24) is 4.90 Å². The van der Waals surface area contributed by atoms with Gasteiger partial charge in [-0.15, -0.1) is 0 Å². The first-order valence-electron chi connectivity index (χ1n) is 5.79. The second-order valence-electron chi connectivity index (χ2n) is 5.02. The number of nitrogens with zero attached hydrogens (tertiary/aromatic N) is 1. The molecule has 0 radical (unpaired) electrons. The molecule has 0 bridgehead atoms. The molecule has 1 aliphatic rings. The lowest BCUT2D eigenvalue weighted by atomic mass is 9.67. The molecule has 0 aromatic rings. The van der Waals surface area contributed by atoms with Crippen LogP contribution >= 0.6 is 0 Å². The van der Waals surface area contributed by atoms with Crippen LogP contribution in [0.2, 0.25) is 0 Å². The summed E-state index contributed by atoms with van der Waals surface area (Å²) in [4.78, 5) is 2.59. The summed E-state index contributed by atoms with van der Waals surface area (Å²) in [5.74, 6) is 0.896. The number of likely N-dealkylation sites (tertiary alicyclic amines) is 1. The Morgan fingerprint density at radius 3 is 2.00 bits per heavy atom. The summed E-state index contributed by atoms with van der Waals surface area (Å²) in [6.07, 6.45) is 2.69.